The predicted octanol–water partition coefficient (Wildman–Crippen LogP) is 4.99. The summed E-state index contributed by atoms with van der Waals surface area (Å²) in [6, 6.07) is 10.8. The van der Waals surface area contributed by atoms with Crippen molar-refractivity contribution >= 4 is 28.2 Å². The van der Waals surface area contributed by atoms with Gasteiger partial charge in [-0.2, -0.15) is 5.10 Å². The molecule has 1 saturated carbocycles. The molecule has 2 saturated heterocycles. The van der Waals surface area contributed by atoms with Gasteiger partial charge in [-0.1, -0.05) is 18.2 Å². The molecule has 1 aliphatic carbocycles. The van der Waals surface area contributed by atoms with Crippen molar-refractivity contribution < 1.29 is 19.1 Å². The number of nitrogens with zero attached hydrogens (tertiary/aromatic N) is 5. The van der Waals surface area contributed by atoms with Gasteiger partial charge in [-0.25, -0.2) is 4.52 Å². The van der Waals surface area contributed by atoms with Gasteiger partial charge in [0.15, 0.2) is 0 Å². The van der Waals surface area contributed by atoms with Gasteiger partial charge in [0, 0.05) is 63.0 Å². The van der Waals surface area contributed by atoms with E-state index in [1.54, 1.807) is 14.2 Å². The molecule has 2 aliphatic heterocycles. The fourth-order valence-corrected chi connectivity index (χ4v) is 7.58. The van der Waals surface area contributed by atoms with Crippen LogP contribution in [0.25, 0.3) is 27.8 Å². The van der Waals surface area contributed by atoms with Crippen LogP contribution in [0.5, 0.6) is 5.75 Å². The number of aromatic nitrogens is 3. The smallest absolute Gasteiger partial charge is 0.255 e. The normalized spacial score (nSPS) is 20.1. The molecule has 7 rings (SSSR count). The molecule has 10 nitrogen and oxygen atoms in total. The van der Waals surface area contributed by atoms with Gasteiger partial charge in [0.25, 0.3) is 11.8 Å². The number of carbonyl (C=O) groups excluding carboxylic acids is 2. The molecular formula is C36H46N6O4. The number of para-hydroxylation sites is 1. The van der Waals surface area contributed by atoms with Crippen LogP contribution in [-0.2, 0) is 16.1 Å². The first kappa shape index (κ1) is 30.7. The number of pyridine rings is 1. The Morgan fingerprint density at radius 3 is 2.50 bits per heavy atom. The summed E-state index contributed by atoms with van der Waals surface area (Å²) >= 11 is 0. The van der Waals surface area contributed by atoms with Gasteiger partial charge >= 0.3 is 0 Å². The average molecular weight is 627 g/mol. The van der Waals surface area contributed by atoms with Crippen LogP contribution in [0.15, 0.2) is 36.5 Å². The van der Waals surface area contributed by atoms with Gasteiger partial charge in [-0.05, 0) is 81.9 Å². The Balaban J connectivity index is 1.28. The van der Waals surface area contributed by atoms with E-state index in [1.807, 2.05) is 33.5 Å². The van der Waals surface area contributed by atoms with E-state index in [0.29, 0.717) is 36.2 Å². The molecule has 3 fully saturated rings. The molecule has 2 atom stereocenters. The van der Waals surface area contributed by atoms with Crippen LogP contribution >= 0.6 is 0 Å². The fraction of sp³-hybridized carbons (Fsp3) is 0.528. The van der Waals surface area contributed by atoms with Crippen molar-refractivity contribution in [3.63, 3.8) is 0 Å². The quantitative estimate of drug-likeness (QED) is 0.296. The second-order valence-electron chi connectivity index (χ2n) is 13.6. The van der Waals surface area contributed by atoms with E-state index in [1.165, 1.54) is 29.3 Å². The van der Waals surface area contributed by atoms with Crippen molar-refractivity contribution in [3.05, 3.63) is 53.2 Å². The largest absolute Gasteiger partial charge is 0.494 e. The topological polar surface area (TPSA) is 107 Å². The first-order valence-corrected chi connectivity index (χ1v) is 16.8. The number of fused-ring (bicyclic) bond motifs is 2. The molecular weight excluding hydrogens is 580 g/mol. The van der Waals surface area contributed by atoms with Crippen LogP contribution in [0.3, 0.4) is 0 Å². The maximum absolute atomic E-state index is 13.6. The van der Waals surface area contributed by atoms with Crippen molar-refractivity contribution in [3.8, 4) is 17.1 Å². The number of rotatable bonds is 8. The van der Waals surface area contributed by atoms with Crippen molar-refractivity contribution in [1.82, 2.24) is 24.0 Å². The maximum atomic E-state index is 13.6. The first-order valence-electron chi connectivity index (χ1n) is 16.8. The number of nitrogens with two attached hydrogens (primary N) is 1. The Morgan fingerprint density at radius 2 is 1.80 bits per heavy atom. The Labute approximate surface area is 270 Å². The lowest BCUT2D eigenvalue weighted by molar-refractivity contribution is -0.142. The molecule has 46 heavy (non-hydrogen) atoms. The average Bonchev–Trinajstić information content (AvgIpc) is 3.75. The van der Waals surface area contributed by atoms with E-state index in [-0.39, 0.29) is 17.9 Å². The summed E-state index contributed by atoms with van der Waals surface area (Å²) in [6.07, 6.45) is 7.61. The van der Waals surface area contributed by atoms with Gasteiger partial charge in [0.05, 0.1) is 23.9 Å². The number of benzene rings is 1. The summed E-state index contributed by atoms with van der Waals surface area (Å²) in [5, 5.41) is 6.35. The minimum atomic E-state index is -0.414. The minimum Gasteiger partial charge on any atom is -0.494 e. The zero-order valence-electron chi connectivity index (χ0n) is 27.5. The Morgan fingerprint density at radius 1 is 1.02 bits per heavy atom. The second kappa shape index (κ2) is 12.4. The van der Waals surface area contributed by atoms with Crippen molar-refractivity contribution in [2.24, 2.45) is 11.7 Å². The number of aryl methyl sites for hydroxylation is 1. The highest BCUT2D eigenvalue weighted by atomic mass is 16.5. The summed E-state index contributed by atoms with van der Waals surface area (Å²) in [5.41, 5.74) is 13.3. The number of piperidine rings is 2. The number of hydrogen-bond acceptors (Lipinski definition) is 6. The third kappa shape index (κ3) is 5.55. The molecule has 3 aliphatic rings. The SMILES string of the molecule is COc1cc(C(=O)N2CCC[C@@H](N)C2)cn2nc(-c3cc4cccc(C5CCN(C(=O)[C@H](C)OC)CC5)c4n3CC3CC3)c(C)c12. The molecule has 0 bridgehead atoms. The molecule has 244 valence electrons. The summed E-state index contributed by atoms with van der Waals surface area (Å²) in [4.78, 5) is 30.1. The first-order chi connectivity index (χ1) is 22.3. The van der Waals surface area contributed by atoms with Crippen LogP contribution < -0.4 is 10.5 Å². The third-order valence-electron chi connectivity index (χ3n) is 10.4. The van der Waals surface area contributed by atoms with Gasteiger partial charge in [0.1, 0.15) is 23.1 Å². The molecule has 0 spiro atoms. The zero-order chi connectivity index (χ0) is 32.1. The van der Waals surface area contributed by atoms with Crippen molar-refractivity contribution in [2.45, 2.75) is 77.0 Å². The predicted molar refractivity (Wildman–Crippen MR) is 178 cm³/mol. The standard InChI is InChI=1S/C36H46N6O4/c1-22-32(38-42-20-27(18-31(46-4)33(22)42)36(44)40-14-6-8-28(37)21-40)30-17-26-7-5-9-29(34(26)41(30)19-24-10-11-24)25-12-15-39(16-13-25)35(43)23(2)45-3/h5,7,9,17-18,20,23-25,28H,6,8,10-16,19,21,37H2,1-4H3/t23-,28+/m0/s1. The van der Waals surface area contributed by atoms with Crippen LogP contribution in [0.1, 0.15) is 72.9 Å². The van der Waals surface area contributed by atoms with Gasteiger partial charge in [-0.3, -0.25) is 9.59 Å². The van der Waals surface area contributed by atoms with Crippen molar-refractivity contribution in [1.29, 1.82) is 0 Å². The maximum Gasteiger partial charge on any atom is 0.255 e. The lowest BCUT2D eigenvalue weighted by atomic mass is 9.88. The van der Waals surface area contributed by atoms with Gasteiger partial charge in [-0.15, -0.1) is 0 Å². The lowest BCUT2D eigenvalue weighted by Crippen LogP contribution is -2.45. The van der Waals surface area contributed by atoms with Crippen LogP contribution in [-0.4, -0.2) is 88.3 Å². The summed E-state index contributed by atoms with van der Waals surface area (Å²) in [5.74, 6) is 1.69. The molecule has 10 heteroatoms. The number of ether oxygens (including phenoxy) is 2. The van der Waals surface area contributed by atoms with Crippen LogP contribution in [0.4, 0.5) is 0 Å². The molecule has 0 unspecified atom stereocenters. The monoisotopic (exact) mass is 626 g/mol. The highest BCUT2D eigenvalue weighted by Crippen LogP contribution is 2.42. The van der Waals surface area contributed by atoms with Gasteiger partial charge in [0.2, 0.25) is 0 Å². The molecule has 1 aromatic carbocycles. The van der Waals surface area contributed by atoms with E-state index in [9.17, 15) is 9.59 Å². The highest BCUT2D eigenvalue weighted by Gasteiger charge is 2.31. The summed E-state index contributed by atoms with van der Waals surface area (Å²) in [6.45, 7) is 7.61. The Hall–Kier alpha value is -3.89. The summed E-state index contributed by atoms with van der Waals surface area (Å²) in [7, 11) is 3.24. The zero-order valence-corrected chi connectivity index (χ0v) is 27.5. The van der Waals surface area contributed by atoms with Crippen LogP contribution in [0, 0.1) is 12.8 Å². The number of hydrogen-bond donors (Lipinski definition) is 1. The molecule has 0 radical (unpaired) electrons. The number of methoxy groups -OCH3 is 2. The Kier molecular flexibility index (Phi) is 8.27. The van der Waals surface area contributed by atoms with E-state index >= 15 is 0 Å². The van der Waals surface area contributed by atoms with E-state index in [0.717, 1.165) is 67.8 Å². The Bertz CT molecular complexity index is 1780. The number of amides is 2. The molecule has 2 N–H and O–H groups in total. The van der Waals surface area contributed by atoms with Gasteiger partial charge < -0.3 is 29.6 Å². The molecule has 4 aromatic rings. The van der Waals surface area contributed by atoms with E-state index < -0.39 is 6.10 Å². The third-order valence-corrected chi connectivity index (χ3v) is 10.4. The second-order valence-corrected chi connectivity index (χ2v) is 13.6. The highest BCUT2D eigenvalue weighted by molar-refractivity contribution is 5.96. The number of likely N-dealkylation sites (tertiary alicyclic amines) is 2. The molecule has 5 heterocycles. The lowest BCUT2D eigenvalue weighted by Gasteiger charge is -2.34. The van der Waals surface area contributed by atoms with Crippen LogP contribution in [0.2, 0.25) is 0 Å². The molecule has 3 aromatic heterocycles. The summed E-state index contributed by atoms with van der Waals surface area (Å²) < 4.78 is 15.5. The van der Waals surface area contributed by atoms with E-state index in [4.69, 9.17) is 20.3 Å². The minimum absolute atomic E-state index is 0.00884. The van der Waals surface area contributed by atoms with E-state index in [2.05, 4.69) is 35.8 Å². The molecule has 2 amide bonds. The fourth-order valence-electron chi connectivity index (χ4n) is 7.58. The number of carbonyl (C=O) groups is 2. The van der Waals surface area contributed by atoms with Crippen molar-refractivity contribution in [2.75, 3.05) is 40.4 Å².